The quantitative estimate of drug-likeness (QED) is 0.569. The fourth-order valence-corrected chi connectivity index (χ4v) is 5.05. The third-order valence-corrected chi connectivity index (χ3v) is 7.24. The van der Waals surface area contributed by atoms with E-state index in [1.54, 1.807) is 23.1 Å². The van der Waals surface area contributed by atoms with Crippen LogP contribution in [0.25, 0.3) is 6.08 Å². The molecule has 0 unspecified atom stereocenters. The molecule has 1 aliphatic heterocycles. The van der Waals surface area contributed by atoms with Crippen LogP contribution < -0.4 is 14.2 Å². The summed E-state index contributed by atoms with van der Waals surface area (Å²) in [7, 11) is 0.780. The smallest absolute Gasteiger partial charge is 0.246 e. The molecule has 1 fully saturated rings. The van der Waals surface area contributed by atoms with E-state index in [-0.39, 0.29) is 30.4 Å². The Morgan fingerprint density at radius 2 is 1.58 bits per heavy atom. The lowest BCUT2D eigenvalue weighted by molar-refractivity contribution is -0.125. The van der Waals surface area contributed by atoms with E-state index in [9.17, 15) is 17.6 Å². The molecular weight excluding hydrogens is 451 g/mol. The Balaban J connectivity index is 1.70. The van der Waals surface area contributed by atoms with Gasteiger partial charge in [0, 0.05) is 32.3 Å². The van der Waals surface area contributed by atoms with E-state index in [1.165, 1.54) is 43.8 Å². The van der Waals surface area contributed by atoms with Gasteiger partial charge in [-0.3, -0.25) is 4.79 Å². The van der Waals surface area contributed by atoms with E-state index >= 15 is 0 Å². The highest BCUT2D eigenvalue weighted by molar-refractivity contribution is 7.89. The summed E-state index contributed by atoms with van der Waals surface area (Å²) in [4.78, 5) is 14.4. The number of rotatable bonds is 7. The number of carbonyl (C=O) groups is 1. The average molecular weight is 479 g/mol. The first-order valence-corrected chi connectivity index (χ1v) is 11.8. The van der Waals surface area contributed by atoms with Crippen molar-refractivity contribution in [2.75, 3.05) is 47.5 Å². The van der Waals surface area contributed by atoms with Gasteiger partial charge in [-0.2, -0.15) is 4.31 Å². The van der Waals surface area contributed by atoms with Crippen molar-refractivity contribution in [1.29, 1.82) is 0 Å². The van der Waals surface area contributed by atoms with E-state index in [1.807, 2.05) is 0 Å². The van der Waals surface area contributed by atoms with E-state index in [0.717, 1.165) is 12.1 Å². The fraction of sp³-hybridized carbons (Fsp3) is 0.348. The van der Waals surface area contributed by atoms with Crippen molar-refractivity contribution in [3.63, 3.8) is 0 Å². The number of nitrogens with zero attached hydrogens (tertiary/aromatic N) is 2. The molecule has 0 saturated carbocycles. The van der Waals surface area contributed by atoms with Gasteiger partial charge in [-0.25, -0.2) is 12.8 Å². The van der Waals surface area contributed by atoms with Crippen molar-refractivity contribution < 1.29 is 31.8 Å². The standard InChI is InChI=1S/C23H27FN2O6S/c1-30-20-15-17(16-21(31-2)23(20)32-3)5-10-22(27)25-11-4-12-26(14-13-25)33(28,29)19-8-6-18(24)7-9-19/h5-10,15-16H,4,11-14H2,1-3H3/b10-5+. The first kappa shape index (κ1) is 24.5. The third kappa shape index (κ3) is 5.63. The molecule has 1 heterocycles. The zero-order valence-electron chi connectivity index (χ0n) is 18.8. The van der Waals surface area contributed by atoms with Crippen LogP contribution in [0.2, 0.25) is 0 Å². The Hall–Kier alpha value is -3.11. The van der Waals surface area contributed by atoms with Gasteiger partial charge >= 0.3 is 0 Å². The number of halogens is 1. The second-order valence-corrected chi connectivity index (χ2v) is 9.27. The molecule has 0 atom stereocenters. The lowest BCUT2D eigenvalue weighted by Crippen LogP contribution is -2.36. The van der Waals surface area contributed by atoms with Crippen molar-refractivity contribution >= 4 is 22.0 Å². The first-order chi connectivity index (χ1) is 15.8. The summed E-state index contributed by atoms with van der Waals surface area (Å²) in [5.41, 5.74) is 0.688. The van der Waals surface area contributed by atoms with Gasteiger partial charge in [0.15, 0.2) is 11.5 Å². The molecule has 0 aliphatic carbocycles. The van der Waals surface area contributed by atoms with Gasteiger partial charge < -0.3 is 19.1 Å². The van der Waals surface area contributed by atoms with Crippen molar-refractivity contribution in [3.05, 3.63) is 53.9 Å². The molecule has 178 valence electrons. The van der Waals surface area contributed by atoms with Gasteiger partial charge in [0.1, 0.15) is 5.82 Å². The van der Waals surface area contributed by atoms with Gasteiger partial charge in [0.25, 0.3) is 0 Å². The van der Waals surface area contributed by atoms with Crippen molar-refractivity contribution in [3.8, 4) is 17.2 Å². The summed E-state index contributed by atoms with van der Waals surface area (Å²) in [6.07, 6.45) is 3.57. The van der Waals surface area contributed by atoms with Crippen LogP contribution in [0.4, 0.5) is 4.39 Å². The molecule has 0 bridgehead atoms. The Bertz CT molecular complexity index is 1090. The largest absolute Gasteiger partial charge is 0.493 e. The second-order valence-electron chi connectivity index (χ2n) is 7.33. The SMILES string of the molecule is COc1cc(/C=C/C(=O)N2CCCN(S(=O)(=O)c3ccc(F)cc3)CC2)cc(OC)c1OC. The molecule has 8 nitrogen and oxygen atoms in total. The fourth-order valence-electron chi connectivity index (χ4n) is 3.58. The number of benzene rings is 2. The third-order valence-electron chi connectivity index (χ3n) is 5.32. The lowest BCUT2D eigenvalue weighted by Gasteiger charge is -2.21. The Morgan fingerprint density at radius 3 is 2.15 bits per heavy atom. The molecule has 1 aliphatic rings. The molecule has 0 N–H and O–H groups in total. The maximum Gasteiger partial charge on any atom is 0.246 e. The molecule has 33 heavy (non-hydrogen) atoms. The van der Waals surface area contributed by atoms with Gasteiger partial charge in [-0.05, 0) is 54.5 Å². The molecule has 10 heteroatoms. The predicted octanol–water partition coefficient (Wildman–Crippen LogP) is 2.79. The van der Waals surface area contributed by atoms with Crippen molar-refractivity contribution in [1.82, 2.24) is 9.21 Å². The van der Waals surface area contributed by atoms with Crippen molar-refractivity contribution in [2.24, 2.45) is 0 Å². The van der Waals surface area contributed by atoms with Crippen molar-refractivity contribution in [2.45, 2.75) is 11.3 Å². The molecule has 2 aromatic carbocycles. The Morgan fingerprint density at radius 1 is 0.939 bits per heavy atom. The van der Waals surface area contributed by atoms with Gasteiger partial charge in [0.05, 0.1) is 26.2 Å². The van der Waals surface area contributed by atoms with Crippen LogP contribution in [0.5, 0.6) is 17.2 Å². The monoisotopic (exact) mass is 478 g/mol. The van der Waals surface area contributed by atoms with Crippen LogP contribution in [0.1, 0.15) is 12.0 Å². The second kappa shape index (κ2) is 10.7. The summed E-state index contributed by atoms with van der Waals surface area (Å²) in [6.45, 7) is 1.11. The van der Waals surface area contributed by atoms with Gasteiger partial charge in [-0.15, -0.1) is 0 Å². The van der Waals surface area contributed by atoms with E-state index in [2.05, 4.69) is 0 Å². The first-order valence-electron chi connectivity index (χ1n) is 10.3. The van der Waals surface area contributed by atoms with Crippen LogP contribution in [0.15, 0.2) is 47.4 Å². The number of methoxy groups -OCH3 is 3. The van der Waals surface area contributed by atoms with E-state index in [4.69, 9.17) is 14.2 Å². The number of sulfonamides is 1. The number of amides is 1. The molecule has 2 aromatic rings. The normalized spacial score (nSPS) is 15.3. The van der Waals surface area contributed by atoms with E-state index < -0.39 is 15.8 Å². The zero-order chi connectivity index (χ0) is 24.0. The Labute approximate surface area is 193 Å². The minimum absolute atomic E-state index is 0.0333. The molecule has 3 rings (SSSR count). The van der Waals surface area contributed by atoms with Crippen LogP contribution in [-0.4, -0.2) is 71.0 Å². The number of ether oxygens (including phenoxy) is 3. The highest BCUT2D eigenvalue weighted by Crippen LogP contribution is 2.38. The van der Waals surface area contributed by atoms with Gasteiger partial charge in [-0.1, -0.05) is 0 Å². The van der Waals surface area contributed by atoms with Crippen LogP contribution >= 0.6 is 0 Å². The molecule has 1 saturated heterocycles. The van der Waals surface area contributed by atoms with E-state index in [0.29, 0.717) is 35.8 Å². The summed E-state index contributed by atoms with van der Waals surface area (Å²) >= 11 is 0. The maximum atomic E-state index is 13.2. The molecular formula is C23H27FN2O6S. The number of carbonyl (C=O) groups excluding carboxylic acids is 1. The minimum Gasteiger partial charge on any atom is -0.493 e. The maximum absolute atomic E-state index is 13.2. The lowest BCUT2D eigenvalue weighted by atomic mass is 10.1. The summed E-state index contributed by atoms with van der Waals surface area (Å²) in [6, 6.07) is 8.19. The number of hydrogen-bond donors (Lipinski definition) is 0. The summed E-state index contributed by atoms with van der Waals surface area (Å²) in [5.74, 6) is 0.671. The molecule has 1 amide bonds. The summed E-state index contributed by atoms with van der Waals surface area (Å²) in [5, 5.41) is 0. The van der Waals surface area contributed by atoms with Gasteiger partial charge in [0.2, 0.25) is 21.7 Å². The van der Waals surface area contributed by atoms with Crippen LogP contribution in [0.3, 0.4) is 0 Å². The highest BCUT2D eigenvalue weighted by Gasteiger charge is 2.27. The predicted molar refractivity (Wildman–Crippen MR) is 121 cm³/mol. The number of hydrogen-bond acceptors (Lipinski definition) is 6. The van der Waals surface area contributed by atoms with Crippen LogP contribution in [-0.2, 0) is 14.8 Å². The molecule has 0 spiro atoms. The zero-order valence-corrected chi connectivity index (χ0v) is 19.6. The van der Waals surface area contributed by atoms with Crippen LogP contribution in [0, 0.1) is 5.82 Å². The average Bonchev–Trinajstić information content (AvgIpc) is 3.09. The molecule has 0 aromatic heterocycles. The Kier molecular flexibility index (Phi) is 7.93. The summed E-state index contributed by atoms with van der Waals surface area (Å²) < 4.78 is 56.2. The topological polar surface area (TPSA) is 85.4 Å². The minimum atomic E-state index is -3.76. The molecule has 0 radical (unpaired) electrons. The highest BCUT2D eigenvalue weighted by atomic mass is 32.2.